The molecule has 0 aromatic carbocycles. The minimum Gasteiger partial charge on any atom is -0.370 e. The molecule has 3 heterocycles. The first-order valence-electron chi connectivity index (χ1n) is 7.25. The van der Waals surface area contributed by atoms with Crippen molar-refractivity contribution in [3.63, 3.8) is 0 Å². The number of aliphatic imine (C=N–C) groups is 2. The molecule has 3 N–H and O–H groups in total. The average Bonchev–Trinajstić information content (AvgIpc) is 2.92. The van der Waals surface area contributed by atoms with Gasteiger partial charge in [-0.25, -0.2) is 23.7 Å². The molecule has 2 aromatic heterocycles. The molecule has 11 heteroatoms. The Morgan fingerprint density at radius 3 is 2.80 bits per heavy atom. The molecule has 0 radical (unpaired) electrons. The standard InChI is InChI=1S/C14H15ClF2N8/c1-7(11-9(17)3-8(16)4-19-11)21-14-23-13(18)22-12(15)25(14)10-5-24(2)6-20-10/h3-7,12H,1-2H3,(H3,18,21,22,23). The summed E-state index contributed by atoms with van der Waals surface area (Å²) < 4.78 is 28.7. The van der Waals surface area contributed by atoms with Crippen LogP contribution in [-0.2, 0) is 7.05 Å². The SMILES string of the molecule is CC(N=C1NC(N)=NC(Cl)N1c1cn(C)cn1)c1ncc(F)cc1F. The molecular formula is C14H15ClF2N8. The highest BCUT2D eigenvalue weighted by Gasteiger charge is 2.29. The fourth-order valence-electron chi connectivity index (χ4n) is 2.29. The van der Waals surface area contributed by atoms with Crippen molar-refractivity contribution in [3.05, 3.63) is 42.1 Å². The van der Waals surface area contributed by atoms with Crippen LogP contribution in [0.15, 0.2) is 34.8 Å². The number of halogens is 3. The van der Waals surface area contributed by atoms with Crippen LogP contribution < -0.4 is 16.0 Å². The number of imidazole rings is 1. The van der Waals surface area contributed by atoms with Gasteiger partial charge in [0.2, 0.25) is 11.6 Å². The van der Waals surface area contributed by atoms with E-state index in [9.17, 15) is 8.78 Å². The van der Waals surface area contributed by atoms with Crippen molar-refractivity contribution in [3.8, 4) is 0 Å². The third kappa shape index (κ3) is 3.53. The first-order valence-corrected chi connectivity index (χ1v) is 7.69. The van der Waals surface area contributed by atoms with Crippen molar-refractivity contribution in [2.45, 2.75) is 18.6 Å². The van der Waals surface area contributed by atoms with Gasteiger partial charge in [0.15, 0.2) is 11.8 Å². The molecule has 8 nitrogen and oxygen atoms in total. The summed E-state index contributed by atoms with van der Waals surface area (Å²) in [7, 11) is 1.80. The second-order valence-corrected chi connectivity index (χ2v) is 5.76. The van der Waals surface area contributed by atoms with Crippen LogP contribution in [0.4, 0.5) is 14.6 Å². The van der Waals surface area contributed by atoms with Gasteiger partial charge in [0.05, 0.1) is 18.6 Å². The lowest BCUT2D eigenvalue weighted by Crippen LogP contribution is -2.55. The lowest BCUT2D eigenvalue weighted by atomic mass is 10.2. The number of aryl methyl sites for hydroxylation is 1. The van der Waals surface area contributed by atoms with Gasteiger partial charge in [-0.05, 0) is 6.92 Å². The molecule has 2 aromatic rings. The summed E-state index contributed by atoms with van der Waals surface area (Å²) >= 11 is 6.25. The number of pyridine rings is 1. The Morgan fingerprint density at radius 1 is 1.40 bits per heavy atom. The van der Waals surface area contributed by atoms with Crippen molar-refractivity contribution in [1.29, 1.82) is 0 Å². The van der Waals surface area contributed by atoms with Crippen molar-refractivity contribution >= 4 is 29.3 Å². The van der Waals surface area contributed by atoms with Crippen molar-refractivity contribution in [1.82, 2.24) is 19.9 Å². The average molecular weight is 369 g/mol. The Kier molecular flexibility index (Phi) is 4.53. The molecule has 0 bridgehead atoms. The molecule has 0 aliphatic carbocycles. The summed E-state index contributed by atoms with van der Waals surface area (Å²) in [4.78, 5) is 17.9. The second-order valence-electron chi connectivity index (χ2n) is 5.37. The fourth-order valence-corrected chi connectivity index (χ4v) is 2.59. The van der Waals surface area contributed by atoms with Crippen LogP contribution in [0.1, 0.15) is 18.7 Å². The normalized spacial score (nSPS) is 20.4. The van der Waals surface area contributed by atoms with E-state index in [0.29, 0.717) is 5.82 Å². The van der Waals surface area contributed by atoms with Gasteiger partial charge in [-0.1, -0.05) is 11.6 Å². The summed E-state index contributed by atoms with van der Waals surface area (Å²) in [5.74, 6) is -0.787. The van der Waals surface area contributed by atoms with Gasteiger partial charge in [-0.15, -0.1) is 0 Å². The molecule has 0 spiro atoms. The zero-order valence-electron chi connectivity index (χ0n) is 13.4. The summed E-state index contributed by atoms with van der Waals surface area (Å²) in [6.07, 6.45) is 4.23. The van der Waals surface area contributed by atoms with Crippen molar-refractivity contribution in [2.75, 3.05) is 4.90 Å². The monoisotopic (exact) mass is 368 g/mol. The Labute approximate surface area is 147 Å². The molecule has 2 atom stereocenters. The third-order valence-corrected chi connectivity index (χ3v) is 3.71. The molecule has 2 unspecified atom stereocenters. The van der Waals surface area contributed by atoms with E-state index >= 15 is 0 Å². The number of nitrogens with two attached hydrogens (primary N) is 1. The Morgan fingerprint density at radius 2 is 2.16 bits per heavy atom. The second kappa shape index (κ2) is 6.63. The number of guanidine groups is 2. The highest BCUT2D eigenvalue weighted by atomic mass is 35.5. The van der Waals surface area contributed by atoms with E-state index in [4.69, 9.17) is 17.3 Å². The molecule has 3 rings (SSSR count). The third-order valence-electron chi connectivity index (χ3n) is 3.41. The van der Waals surface area contributed by atoms with Crippen molar-refractivity contribution in [2.24, 2.45) is 22.8 Å². The van der Waals surface area contributed by atoms with Gasteiger partial charge >= 0.3 is 0 Å². The Balaban J connectivity index is 1.99. The van der Waals surface area contributed by atoms with E-state index < -0.39 is 23.3 Å². The Bertz CT molecular complexity index is 849. The topological polar surface area (TPSA) is 96.7 Å². The van der Waals surface area contributed by atoms with Crippen LogP contribution in [0.5, 0.6) is 0 Å². The van der Waals surface area contributed by atoms with Gasteiger partial charge in [0, 0.05) is 19.3 Å². The number of rotatable bonds is 3. The highest BCUT2D eigenvalue weighted by Crippen LogP contribution is 2.23. The van der Waals surface area contributed by atoms with E-state index in [1.165, 1.54) is 4.90 Å². The van der Waals surface area contributed by atoms with Crippen LogP contribution in [0.2, 0.25) is 0 Å². The zero-order chi connectivity index (χ0) is 18.1. The lowest BCUT2D eigenvalue weighted by Gasteiger charge is -2.31. The number of hydrogen-bond donors (Lipinski definition) is 2. The van der Waals surface area contributed by atoms with Crippen molar-refractivity contribution < 1.29 is 8.78 Å². The molecule has 0 saturated heterocycles. The van der Waals surface area contributed by atoms with Gasteiger partial charge in [-0.3, -0.25) is 15.2 Å². The van der Waals surface area contributed by atoms with Crippen LogP contribution in [0.25, 0.3) is 0 Å². The summed E-state index contributed by atoms with van der Waals surface area (Å²) in [5, 5.41) is 2.78. The number of hydrogen-bond acceptors (Lipinski definition) is 5. The minimum atomic E-state index is -0.881. The van der Waals surface area contributed by atoms with Gasteiger partial charge in [0.25, 0.3) is 0 Å². The summed E-state index contributed by atoms with van der Waals surface area (Å²) in [6, 6.07) is 0.0216. The minimum absolute atomic E-state index is 0.0103. The van der Waals surface area contributed by atoms with E-state index in [-0.39, 0.29) is 17.6 Å². The maximum Gasteiger partial charge on any atom is 0.210 e. The zero-order valence-corrected chi connectivity index (χ0v) is 14.1. The van der Waals surface area contributed by atoms with Crippen LogP contribution >= 0.6 is 11.6 Å². The molecule has 25 heavy (non-hydrogen) atoms. The van der Waals surface area contributed by atoms with E-state index in [0.717, 1.165) is 12.3 Å². The molecule has 0 fully saturated rings. The first kappa shape index (κ1) is 17.1. The molecular weight excluding hydrogens is 354 g/mol. The van der Waals surface area contributed by atoms with Gasteiger partial charge in [0.1, 0.15) is 17.3 Å². The largest absolute Gasteiger partial charge is 0.370 e. The van der Waals surface area contributed by atoms with E-state index in [2.05, 4.69) is 25.3 Å². The number of anilines is 1. The quantitative estimate of drug-likeness (QED) is 0.631. The maximum absolute atomic E-state index is 13.9. The first-order chi connectivity index (χ1) is 11.8. The van der Waals surface area contributed by atoms with Gasteiger partial charge < -0.3 is 10.3 Å². The molecule has 0 saturated carbocycles. The highest BCUT2D eigenvalue weighted by molar-refractivity contribution is 6.27. The summed E-state index contributed by atoms with van der Waals surface area (Å²) in [6.45, 7) is 1.61. The predicted octanol–water partition coefficient (Wildman–Crippen LogP) is 1.46. The van der Waals surface area contributed by atoms with Gasteiger partial charge in [-0.2, -0.15) is 0 Å². The molecule has 132 valence electrons. The number of alkyl halides is 1. The predicted molar refractivity (Wildman–Crippen MR) is 90.1 cm³/mol. The van der Waals surface area contributed by atoms with Crippen LogP contribution in [0.3, 0.4) is 0 Å². The fraction of sp³-hybridized carbons (Fsp3) is 0.286. The summed E-state index contributed by atoms with van der Waals surface area (Å²) in [5.41, 5.74) is 4.82. The molecule has 1 aliphatic heterocycles. The van der Waals surface area contributed by atoms with E-state index in [1.807, 2.05) is 0 Å². The Hall–Kier alpha value is -2.75. The van der Waals surface area contributed by atoms with E-state index in [1.54, 1.807) is 31.1 Å². The molecule has 0 amide bonds. The molecule has 1 aliphatic rings. The van der Waals surface area contributed by atoms with Crippen LogP contribution in [-0.4, -0.2) is 32.1 Å². The smallest absolute Gasteiger partial charge is 0.210 e. The number of nitrogens with zero attached hydrogens (tertiary/aromatic N) is 6. The lowest BCUT2D eigenvalue weighted by molar-refractivity contribution is 0.545. The van der Waals surface area contributed by atoms with Crippen LogP contribution in [0, 0.1) is 11.6 Å². The number of nitrogens with one attached hydrogen (secondary N) is 1. The maximum atomic E-state index is 13.9. The number of aromatic nitrogens is 3.